The van der Waals surface area contributed by atoms with Crippen LogP contribution in [0.4, 0.5) is 0 Å². The van der Waals surface area contributed by atoms with Gasteiger partial charge in [0.2, 0.25) is 15.9 Å². The van der Waals surface area contributed by atoms with E-state index in [4.69, 9.17) is 0 Å². The summed E-state index contributed by atoms with van der Waals surface area (Å²) in [5.74, 6) is -0.0808. The number of rotatable bonds is 3. The maximum Gasteiger partial charge on any atom is 0.243 e. The first-order valence-corrected chi connectivity index (χ1v) is 11.3. The van der Waals surface area contributed by atoms with E-state index in [-0.39, 0.29) is 10.8 Å². The highest BCUT2D eigenvalue weighted by Crippen LogP contribution is 2.29. The third kappa shape index (κ3) is 3.56. The topological polar surface area (TPSA) is 57.7 Å². The van der Waals surface area contributed by atoms with E-state index in [0.29, 0.717) is 32.5 Å². The number of nitrogens with zero attached hydrogens (tertiary/aromatic N) is 2. The van der Waals surface area contributed by atoms with Gasteiger partial charge in [-0.1, -0.05) is 40.2 Å². The lowest BCUT2D eigenvalue weighted by Crippen LogP contribution is -2.49. The average molecular weight is 449 g/mol. The van der Waals surface area contributed by atoms with Crippen LogP contribution in [0.5, 0.6) is 0 Å². The summed E-state index contributed by atoms with van der Waals surface area (Å²) in [4.78, 5) is 15.2. The lowest BCUT2D eigenvalue weighted by Gasteiger charge is -2.33. The van der Waals surface area contributed by atoms with E-state index in [1.165, 1.54) is 9.87 Å². The molecule has 1 fully saturated rings. The van der Waals surface area contributed by atoms with Gasteiger partial charge in [-0.2, -0.15) is 4.31 Å². The zero-order valence-corrected chi connectivity index (χ0v) is 17.2. The molecule has 2 aliphatic rings. The Kier molecular flexibility index (Phi) is 5.09. The molecule has 1 atom stereocenters. The molecule has 2 aliphatic heterocycles. The van der Waals surface area contributed by atoms with Gasteiger partial charge in [-0.3, -0.25) is 4.79 Å². The summed E-state index contributed by atoms with van der Waals surface area (Å²) in [5, 5.41) is 0. The molecular weight excluding hydrogens is 428 g/mol. The normalized spacial score (nSPS) is 20.5. The van der Waals surface area contributed by atoms with Crippen molar-refractivity contribution >= 4 is 31.9 Å². The van der Waals surface area contributed by atoms with Crippen molar-refractivity contribution in [3.05, 3.63) is 64.1 Å². The van der Waals surface area contributed by atoms with Crippen LogP contribution >= 0.6 is 15.9 Å². The van der Waals surface area contributed by atoms with E-state index in [1.54, 1.807) is 24.3 Å². The summed E-state index contributed by atoms with van der Waals surface area (Å²) in [6.45, 7) is 1.58. The summed E-state index contributed by atoms with van der Waals surface area (Å²) < 4.78 is 28.4. The minimum Gasteiger partial charge on any atom is -0.337 e. The second-order valence-electron chi connectivity index (χ2n) is 7.01. The van der Waals surface area contributed by atoms with E-state index in [1.807, 2.05) is 23.1 Å². The molecule has 0 aliphatic carbocycles. The van der Waals surface area contributed by atoms with Crippen LogP contribution in [0.3, 0.4) is 0 Å². The lowest BCUT2D eigenvalue weighted by atomic mass is 9.99. The predicted molar refractivity (Wildman–Crippen MR) is 107 cm³/mol. The van der Waals surface area contributed by atoms with Crippen LogP contribution in [-0.2, 0) is 27.8 Å². The van der Waals surface area contributed by atoms with E-state index in [9.17, 15) is 13.2 Å². The highest BCUT2D eigenvalue weighted by atomic mass is 79.9. The molecule has 1 unspecified atom stereocenters. The third-order valence-electron chi connectivity index (χ3n) is 5.35. The largest absolute Gasteiger partial charge is 0.337 e. The number of carbonyl (C=O) groups is 1. The van der Waals surface area contributed by atoms with Gasteiger partial charge in [0, 0.05) is 24.1 Å². The molecule has 27 heavy (non-hydrogen) atoms. The van der Waals surface area contributed by atoms with Gasteiger partial charge >= 0.3 is 0 Å². The van der Waals surface area contributed by atoms with Crippen molar-refractivity contribution in [2.45, 2.75) is 36.7 Å². The SMILES string of the molecule is O=C(C1CCCN1S(=O)(=O)c1ccc(Br)cc1)N1CCc2ccccc2C1. The number of fused-ring (bicyclic) bond motifs is 1. The summed E-state index contributed by atoms with van der Waals surface area (Å²) in [5.41, 5.74) is 2.42. The van der Waals surface area contributed by atoms with Crippen molar-refractivity contribution < 1.29 is 13.2 Å². The molecule has 0 radical (unpaired) electrons. The first kappa shape index (κ1) is 18.7. The van der Waals surface area contributed by atoms with E-state index < -0.39 is 16.1 Å². The molecule has 0 aromatic heterocycles. The fourth-order valence-corrected chi connectivity index (χ4v) is 5.83. The van der Waals surface area contributed by atoms with Crippen molar-refractivity contribution in [1.82, 2.24) is 9.21 Å². The van der Waals surface area contributed by atoms with Crippen molar-refractivity contribution in [2.24, 2.45) is 0 Å². The molecule has 2 aromatic carbocycles. The van der Waals surface area contributed by atoms with Crippen molar-refractivity contribution in [1.29, 1.82) is 0 Å². The van der Waals surface area contributed by atoms with Crippen LogP contribution in [-0.4, -0.2) is 42.7 Å². The van der Waals surface area contributed by atoms with Crippen LogP contribution < -0.4 is 0 Å². The van der Waals surface area contributed by atoms with Crippen LogP contribution in [0.2, 0.25) is 0 Å². The molecule has 5 nitrogen and oxygen atoms in total. The van der Waals surface area contributed by atoms with Gasteiger partial charge in [-0.15, -0.1) is 0 Å². The Balaban J connectivity index is 1.56. The van der Waals surface area contributed by atoms with Crippen LogP contribution in [0, 0.1) is 0 Å². The van der Waals surface area contributed by atoms with E-state index in [0.717, 1.165) is 16.5 Å². The minimum atomic E-state index is -3.68. The Labute approximate surface area is 168 Å². The summed E-state index contributed by atoms with van der Waals surface area (Å²) in [6, 6.07) is 14.1. The Hall–Kier alpha value is -1.70. The molecule has 1 amide bonds. The molecule has 1 saturated heterocycles. The zero-order valence-electron chi connectivity index (χ0n) is 14.8. The number of sulfonamides is 1. The van der Waals surface area contributed by atoms with Crippen LogP contribution in [0.1, 0.15) is 24.0 Å². The van der Waals surface area contributed by atoms with E-state index >= 15 is 0 Å². The van der Waals surface area contributed by atoms with Gasteiger partial charge < -0.3 is 4.90 Å². The monoisotopic (exact) mass is 448 g/mol. The molecule has 2 aromatic rings. The Morgan fingerprint density at radius 1 is 1.00 bits per heavy atom. The van der Waals surface area contributed by atoms with Crippen molar-refractivity contribution in [3.63, 3.8) is 0 Å². The smallest absolute Gasteiger partial charge is 0.243 e. The highest BCUT2D eigenvalue weighted by molar-refractivity contribution is 9.10. The maximum absolute atomic E-state index is 13.2. The molecule has 0 bridgehead atoms. The first-order chi connectivity index (χ1) is 13.0. The zero-order chi connectivity index (χ0) is 19.0. The Morgan fingerprint density at radius 2 is 1.70 bits per heavy atom. The molecule has 2 heterocycles. The van der Waals surface area contributed by atoms with Gasteiger partial charge in [0.05, 0.1) is 4.90 Å². The number of benzene rings is 2. The standard InChI is InChI=1S/C20H21BrN2O3S/c21-17-7-9-18(10-8-17)27(25,26)23-12-3-6-19(23)20(24)22-13-11-15-4-1-2-5-16(15)14-22/h1-2,4-5,7-10,19H,3,6,11-14H2. The average Bonchev–Trinajstić information content (AvgIpc) is 3.18. The van der Waals surface area contributed by atoms with Crippen molar-refractivity contribution in [2.75, 3.05) is 13.1 Å². The molecule has 4 rings (SSSR count). The van der Waals surface area contributed by atoms with Crippen LogP contribution in [0.25, 0.3) is 0 Å². The van der Waals surface area contributed by atoms with Crippen LogP contribution in [0.15, 0.2) is 57.9 Å². The number of carbonyl (C=O) groups excluding carboxylic acids is 1. The first-order valence-electron chi connectivity index (χ1n) is 9.10. The predicted octanol–water partition coefficient (Wildman–Crippen LogP) is 3.19. The fourth-order valence-electron chi connectivity index (χ4n) is 3.91. The van der Waals surface area contributed by atoms with Crippen molar-refractivity contribution in [3.8, 4) is 0 Å². The number of amides is 1. The quantitative estimate of drug-likeness (QED) is 0.724. The second kappa shape index (κ2) is 7.37. The van der Waals surface area contributed by atoms with E-state index in [2.05, 4.69) is 22.0 Å². The summed E-state index contributed by atoms with van der Waals surface area (Å²) >= 11 is 3.33. The molecule has 0 saturated carbocycles. The third-order valence-corrected chi connectivity index (χ3v) is 7.80. The number of hydrogen-bond donors (Lipinski definition) is 0. The van der Waals surface area contributed by atoms with Gasteiger partial charge in [-0.25, -0.2) is 8.42 Å². The highest BCUT2D eigenvalue weighted by Gasteiger charge is 2.41. The van der Waals surface area contributed by atoms with Gasteiger partial charge in [0.1, 0.15) is 6.04 Å². The second-order valence-corrected chi connectivity index (χ2v) is 9.81. The minimum absolute atomic E-state index is 0.0808. The Bertz CT molecular complexity index is 959. The fraction of sp³-hybridized carbons (Fsp3) is 0.350. The van der Waals surface area contributed by atoms with Gasteiger partial charge in [0.25, 0.3) is 0 Å². The lowest BCUT2D eigenvalue weighted by molar-refractivity contribution is -0.135. The molecule has 142 valence electrons. The summed E-state index contributed by atoms with van der Waals surface area (Å²) in [6.07, 6.45) is 2.09. The Morgan fingerprint density at radius 3 is 2.44 bits per heavy atom. The molecule has 0 spiro atoms. The van der Waals surface area contributed by atoms with Gasteiger partial charge in [-0.05, 0) is 54.7 Å². The maximum atomic E-state index is 13.2. The summed E-state index contributed by atoms with van der Waals surface area (Å²) in [7, 11) is -3.68. The number of hydrogen-bond acceptors (Lipinski definition) is 3. The molecule has 0 N–H and O–H groups in total. The van der Waals surface area contributed by atoms with Gasteiger partial charge in [0.15, 0.2) is 0 Å². The number of halogens is 1. The molecular formula is C20H21BrN2O3S. The molecule has 7 heteroatoms.